The fourth-order valence-electron chi connectivity index (χ4n) is 4.73. The first-order valence-corrected chi connectivity index (χ1v) is 13.3. The Kier molecular flexibility index (Phi) is 8.59. The second-order valence-electron chi connectivity index (χ2n) is 9.42. The summed E-state index contributed by atoms with van der Waals surface area (Å²) in [5.41, 5.74) is 2.29. The molecule has 3 aromatic rings. The van der Waals surface area contributed by atoms with Gasteiger partial charge in [0.05, 0.1) is 30.6 Å². The van der Waals surface area contributed by atoms with Crippen LogP contribution >= 0.6 is 11.6 Å². The summed E-state index contributed by atoms with van der Waals surface area (Å²) in [6, 6.07) is 11.3. The number of aromatic nitrogens is 2. The molecular weight excluding hydrogens is 534 g/mol. The molecule has 0 unspecified atom stereocenters. The highest BCUT2D eigenvalue weighted by Crippen LogP contribution is 2.34. The first-order chi connectivity index (χ1) is 19.4. The van der Waals surface area contributed by atoms with E-state index in [1.165, 1.54) is 25.6 Å². The minimum atomic E-state index is -0.297. The summed E-state index contributed by atoms with van der Waals surface area (Å²) in [6.07, 6.45) is 4.13. The summed E-state index contributed by atoms with van der Waals surface area (Å²) in [5, 5.41) is 4.36. The molecule has 2 aromatic carbocycles. The number of halogens is 1. The Labute approximate surface area is 237 Å². The number of carbonyl (C=O) groups is 2. The molecule has 40 heavy (non-hydrogen) atoms. The van der Waals surface area contributed by atoms with Crippen molar-refractivity contribution < 1.29 is 23.8 Å². The van der Waals surface area contributed by atoms with Crippen LogP contribution in [-0.2, 0) is 20.9 Å². The SMILES string of the molecule is COCCOc1cc2ncnc(NC3=CC(=O)C(N4CCN(Cc5cccc(Cl)c5)CC4)=CC3=O)c2cc1OC. The molecule has 0 spiro atoms. The summed E-state index contributed by atoms with van der Waals surface area (Å²) >= 11 is 6.11. The molecule has 1 aliphatic heterocycles. The fraction of sp³-hybridized carbons (Fsp3) is 0.310. The molecule has 208 valence electrons. The van der Waals surface area contributed by atoms with Gasteiger partial charge in [0.2, 0.25) is 11.6 Å². The molecule has 1 fully saturated rings. The van der Waals surface area contributed by atoms with E-state index in [-0.39, 0.29) is 17.3 Å². The molecule has 0 saturated carbocycles. The second-order valence-corrected chi connectivity index (χ2v) is 9.85. The van der Waals surface area contributed by atoms with Crippen LogP contribution in [0.2, 0.25) is 5.02 Å². The Morgan fingerprint density at radius 3 is 2.52 bits per heavy atom. The summed E-state index contributed by atoms with van der Waals surface area (Å²) in [4.78, 5) is 39.1. The number of nitrogens with one attached hydrogen (secondary N) is 1. The van der Waals surface area contributed by atoms with Crippen LogP contribution in [0.15, 0.2) is 66.3 Å². The van der Waals surface area contributed by atoms with Crippen LogP contribution in [0.1, 0.15) is 5.56 Å². The number of methoxy groups -OCH3 is 2. The number of hydrogen-bond acceptors (Lipinski definition) is 10. The number of hydrogen-bond donors (Lipinski definition) is 1. The predicted octanol–water partition coefficient (Wildman–Crippen LogP) is 3.47. The molecule has 1 N–H and O–H groups in total. The van der Waals surface area contributed by atoms with Gasteiger partial charge in [-0.3, -0.25) is 14.5 Å². The first-order valence-electron chi connectivity index (χ1n) is 12.9. The van der Waals surface area contributed by atoms with E-state index < -0.39 is 0 Å². The fourth-order valence-corrected chi connectivity index (χ4v) is 4.95. The number of ketones is 2. The van der Waals surface area contributed by atoms with Crippen molar-refractivity contribution in [2.24, 2.45) is 0 Å². The van der Waals surface area contributed by atoms with E-state index >= 15 is 0 Å². The maximum absolute atomic E-state index is 13.1. The number of ether oxygens (including phenoxy) is 3. The Morgan fingerprint density at radius 1 is 0.950 bits per heavy atom. The minimum absolute atomic E-state index is 0.146. The van der Waals surface area contributed by atoms with E-state index in [1.807, 2.05) is 23.1 Å². The molecule has 1 saturated heterocycles. The maximum atomic E-state index is 13.1. The number of benzene rings is 2. The number of rotatable bonds is 10. The van der Waals surface area contributed by atoms with Crippen LogP contribution in [0.25, 0.3) is 10.9 Å². The Morgan fingerprint density at radius 2 is 1.77 bits per heavy atom. The van der Waals surface area contributed by atoms with Crippen molar-refractivity contribution in [3.63, 3.8) is 0 Å². The van der Waals surface area contributed by atoms with E-state index in [1.54, 1.807) is 19.2 Å². The number of anilines is 1. The zero-order valence-corrected chi connectivity index (χ0v) is 23.1. The Balaban J connectivity index is 1.26. The van der Waals surface area contributed by atoms with E-state index in [0.29, 0.717) is 60.2 Å². The van der Waals surface area contributed by atoms with Gasteiger partial charge in [-0.25, -0.2) is 9.97 Å². The quantitative estimate of drug-likeness (QED) is 0.291. The first kappa shape index (κ1) is 27.6. The van der Waals surface area contributed by atoms with Crippen LogP contribution in [0.4, 0.5) is 5.82 Å². The highest BCUT2D eigenvalue weighted by Gasteiger charge is 2.28. The second kappa shape index (κ2) is 12.5. The van der Waals surface area contributed by atoms with E-state index in [0.717, 1.165) is 30.2 Å². The van der Waals surface area contributed by atoms with Gasteiger partial charge in [-0.1, -0.05) is 23.7 Å². The van der Waals surface area contributed by atoms with Crippen molar-refractivity contribution in [2.45, 2.75) is 6.54 Å². The average Bonchev–Trinajstić information content (AvgIpc) is 2.95. The van der Waals surface area contributed by atoms with Crippen molar-refractivity contribution in [1.29, 1.82) is 0 Å². The lowest BCUT2D eigenvalue weighted by Crippen LogP contribution is -2.47. The number of allylic oxidation sites excluding steroid dienone is 2. The highest BCUT2D eigenvalue weighted by molar-refractivity contribution is 6.30. The lowest BCUT2D eigenvalue weighted by atomic mass is 10.0. The number of piperazine rings is 1. The molecule has 10 nitrogen and oxygen atoms in total. The van der Waals surface area contributed by atoms with Gasteiger partial charge < -0.3 is 24.4 Å². The van der Waals surface area contributed by atoms with Crippen molar-refractivity contribution in [3.05, 3.63) is 76.9 Å². The number of fused-ring (bicyclic) bond motifs is 1. The van der Waals surface area contributed by atoms with E-state index in [9.17, 15) is 9.59 Å². The third-order valence-corrected chi connectivity index (χ3v) is 7.02. The molecule has 0 radical (unpaired) electrons. The van der Waals surface area contributed by atoms with Crippen molar-refractivity contribution >= 4 is 39.9 Å². The maximum Gasteiger partial charge on any atom is 0.204 e. The van der Waals surface area contributed by atoms with Crippen LogP contribution in [0, 0.1) is 0 Å². The van der Waals surface area contributed by atoms with Crippen LogP contribution in [-0.4, -0.2) is 84.9 Å². The standard InChI is InChI=1S/C29H30ClN5O5/c1-38-10-11-40-28-15-22-21(13-27(28)39-2)29(32-18-31-22)33-23-14-26(37)24(16-25(23)36)35-8-6-34(7-9-35)17-19-4-3-5-20(30)12-19/h3-5,12-16,18H,6-11,17H2,1-2H3,(H,31,32,33). The van der Waals surface area contributed by atoms with Crippen LogP contribution < -0.4 is 14.8 Å². The molecule has 11 heteroatoms. The van der Waals surface area contributed by atoms with Gasteiger partial charge in [0.15, 0.2) is 11.5 Å². The smallest absolute Gasteiger partial charge is 0.204 e. The zero-order valence-electron chi connectivity index (χ0n) is 22.4. The number of carbonyl (C=O) groups excluding carboxylic acids is 2. The molecule has 1 aromatic heterocycles. The molecule has 5 rings (SSSR count). The summed E-state index contributed by atoms with van der Waals surface area (Å²) in [5.74, 6) is 0.855. The van der Waals surface area contributed by atoms with Crippen molar-refractivity contribution in [3.8, 4) is 11.5 Å². The molecular formula is C29H30ClN5O5. The van der Waals surface area contributed by atoms with Crippen LogP contribution in [0.3, 0.4) is 0 Å². The molecule has 1 aliphatic carbocycles. The third-order valence-electron chi connectivity index (χ3n) is 6.79. The predicted molar refractivity (Wildman–Crippen MR) is 152 cm³/mol. The van der Waals surface area contributed by atoms with Crippen LogP contribution in [0.5, 0.6) is 11.5 Å². The van der Waals surface area contributed by atoms with Gasteiger partial charge in [0.1, 0.15) is 18.8 Å². The largest absolute Gasteiger partial charge is 0.493 e. The molecule has 0 bridgehead atoms. The summed E-state index contributed by atoms with van der Waals surface area (Å²) in [7, 11) is 3.14. The van der Waals surface area contributed by atoms with Gasteiger partial charge in [0.25, 0.3) is 0 Å². The van der Waals surface area contributed by atoms with Gasteiger partial charge in [-0.15, -0.1) is 0 Å². The molecule has 2 aliphatic rings. The van der Waals surface area contributed by atoms with Gasteiger partial charge in [-0.05, 0) is 23.8 Å². The minimum Gasteiger partial charge on any atom is -0.493 e. The zero-order chi connectivity index (χ0) is 28.1. The van der Waals surface area contributed by atoms with Gasteiger partial charge in [0, 0.05) is 68.5 Å². The summed E-state index contributed by atoms with van der Waals surface area (Å²) < 4.78 is 16.3. The normalized spacial score (nSPS) is 16.1. The molecule has 2 heterocycles. The topological polar surface area (TPSA) is 106 Å². The van der Waals surface area contributed by atoms with Gasteiger partial charge in [-0.2, -0.15) is 0 Å². The van der Waals surface area contributed by atoms with Gasteiger partial charge >= 0.3 is 0 Å². The Bertz CT molecular complexity index is 1480. The van der Waals surface area contributed by atoms with Crippen molar-refractivity contribution in [1.82, 2.24) is 19.8 Å². The molecule has 0 amide bonds. The average molecular weight is 564 g/mol. The van der Waals surface area contributed by atoms with Crippen molar-refractivity contribution in [2.75, 3.05) is 58.9 Å². The number of nitrogens with zero attached hydrogens (tertiary/aromatic N) is 4. The highest BCUT2D eigenvalue weighted by atomic mass is 35.5. The van der Waals surface area contributed by atoms with E-state index in [2.05, 4.69) is 26.3 Å². The monoisotopic (exact) mass is 563 g/mol. The third kappa shape index (κ3) is 6.25. The Hall–Kier alpha value is -3.99. The van der Waals surface area contributed by atoms with E-state index in [4.69, 9.17) is 25.8 Å². The lowest BCUT2D eigenvalue weighted by molar-refractivity contribution is -0.116. The molecule has 0 atom stereocenters. The summed E-state index contributed by atoms with van der Waals surface area (Å²) in [6.45, 7) is 4.39. The lowest BCUT2D eigenvalue weighted by Gasteiger charge is -2.37.